The third kappa shape index (κ3) is 4.43. The van der Waals surface area contributed by atoms with E-state index in [1.165, 1.54) is 16.7 Å². The van der Waals surface area contributed by atoms with Crippen molar-refractivity contribution in [3.05, 3.63) is 87.8 Å². The van der Waals surface area contributed by atoms with Crippen LogP contribution in [0.3, 0.4) is 0 Å². The Labute approximate surface area is 222 Å². The van der Waals surface area contributed by atoms with E-state index >= 15 is 0 Å². The van der Waals surface area contributed by atoms with Gasteiger partial charge in [-0.2, -0.15) is 0 Å². The molecular formula is C28H27F2N7O2. The highest BCUT2D eigenvalue weighted by atomic mass is 19.1. The fourth-order valence-corrected chi connectivity index (χ4v) is 4.78. The van der Waals surface area contributed by atoms with Gasteiger partial charge in [0.1, 0.15) is 28.9 Å². The number of imidazole rings is 2. The van der Waals surface area contributed by atoms with Crippen molar-refractivity contribution in [1.29, 1.82) is 0 Å². The van der Waals surface area contributed by atoms with E-state index < -0.39 is 23.2 Å². The third-order valence-corrected chi connectivity index (χ3v) is 7.00. The van der Waals surface area contributed by atoms with Crippen LogP contribution < -0.4 is 15.9 Å². The molecule has 2 aromatic carbocycles. The number of aryl methyl sites for hydroxylation is 2. The number of benzene rings is 2. The summed E-state index contributed by atoms with van der Waals surface area (Å²) in [5, 5.41) is 0. The molecular weight excluding hydrogens is 504 g/mol. The second-order valence-corrected chi connectivity index (χ2v) is 9.86. The lowest BCUT2D eigenvalue weighted by atomic mass is 10.1. The average Bonchev–Trinajstić information content (AvgIpc) is 3.44. The van der Waals surface area contributed by atoms with Crippen molar-refractivity contribution in [3.8, 4) is 22.8 Å². The van der Waals surface area contributed by atoms with E-state index in [9.17, 15) is 13.6 Å². The molecule has 1 N–H and O–H groups in total. The van der Waals surface area contributed by atoms with Crippen LogP contribution in [0.25, 0.3) is 28.2 Å². The SMILES string of the molecule is COc1cc(-c2nc3c(=O)n(C(C)c4cc(F)cc(F)c4)/c(=N/C4CC4)n(C)c3[nH]2)ccc1-n1cnc(C)c1. The van der Waals surface area contributed by atoms with Crippen LogP contribution in [0.15, 0.2) is 58.7 Å². The van der Waals surface area contributed by atoms with Crippen molar-refractivity contribution in [1.82, 2.24) is 28.7 Å². The molecule has 1 fully saturated rings. The van der Waals surface area contributed by atoms with Gasteiger partial charge in [-0.05, 0) is 62.6 Å². The topological polar surface area (TPSA) is 95.0 Å². The molecule has 9 nitrogen and oxygen atoms in total. The Morgan fingerprint density at radius 2 is 1.90 bits per heavy atom. The zero-order valence-electron chi connectivity index (χ0n) is 21.9. The fraction of sp³-hybridized carbons (Fsp3) is 0.286. The number of fused-ring (bicyclic) bond motifs is 1. The summed E-state index contributed by atoms with van der Waals surface area (Å²) >= 11 is 0. The molecule has 1 atom stereocenters. The number of H-pyrrole nitrogens is 1. The Morgan fingerprint density at radius 1 is 1.15 bits per heavy atom. The molecule has 6 rings (SSSR count). The average molecular weight is 532 g/mol. The first-order valence-corrected chi connectivity index (χ1v) is 12.6. The van der Waals surface area contributed by atoms with E-state index in [4.69, 9.17) is 9.73 Å². The summed E-state index contributed by atoms with van der Waals surface area (Å²) < 4.78 is 38.9. The van der Waals surface area contributed by atoms with Gasteiger partial charge in [0.25, 0.3) is 5.56 Å². The lowest BCUT2D eigenvalue weighted by Crippen LogP contribution is -2.42. The van der Waals surface area contributed by atoms with Crippen molar-refractivity contribution in [2.45, 2.75) is 38.8 Å². The Balaban J connectivity index is 1.53. The number of hydrogen-bond acceptors (Lipinski definition) is 5. The summed E-state index contributed by atoms with van der Waals surface area (Å²) in [7, 11) is 3.39. The quantitative estimate of drug-likeness (QED) is 0.356. The molecule has 1 saturated carbocycles. The number of aromatic amines is 1. The zero-order valence-corrected chi connectivity index (χ0v) is 21.9. The van der Waals surface area contributed by atoms with Gasteiger partial charge in [-0.15, -0.1) is 0 Å². The molecule has 0 spiro atoms. The molecule has 3 aromatic heterocycles. The normalized spacial score (nSPS) is 14.8. The number of nitrogens with one attached hydrogen (secondary N) is 1. The van der Waals surface area contributed by atoms with Gasteiger partial charge in [-0.1, -0.05) is 0 Å². The molecule has 0 aliphatic heterocycles. The molecule has 11 heteroatoms. The predicted octanol–water partition coefficient (Wildman–Crippen LogP) is 4.18. The standard InChI is InChI=1S/C28H27F2N7O2/c1-15-13-36(14-31-15)22-8-5-17(11-23(22)39-4)25-33-24-26(34-25)35(3)28(32-21-6-7-21)37(27(24)38)16(2)18-9-19(29)12-20(30)10-18/h5,8-14,16,21H,6-7H2,1-4H3,(H,33,34)/b32-28+. The van der Waals surface area contributed by atoms with Crippen LogP contribution in [-0.4, -0.2) is 41.8 Å². The van der Waals surface area contributed by atoms with Crippen molar-refractivity contribution >= 4 is 11.2 Å². The van der Waals surface area contributed by atoms with Crippen LogP contribution >= 0.6 is 0 Å². The maximum absolute atomic E-state index is 14.1. The molecule has 5 aromatic rings. The Kier molecular flexibility index (Phi) is 5.93. The van der Waals surface area contributed by atoms with E-state index in [1.54, 1.807) is 32.0 Å². The number of rotatable bonds is 6. The summed E-state index contributed by atoms with van der Waals surface area (Å²) in [4.78, 5) is 30.9. The molecule has 0 amide bonds. The van der Waals surface area contributed by atoms with E-state index in [2.05, 4.69) is 15.0 Å². The number of nitrogens with zero attached hydrogens (tertiary/aromatic N) is 6. The highest BCUT2D eigenvalue weighted by Crippen LogP contribution is 2.30. The predicted molar refractivity (Wildman–Crippen MR) is 142 cm³/mol. The molecule has 200 valence electrons. The van der Waals surface area contributed by atoms with Crippen LogP contribution in [0.5, 0.6) is 5.75 Å². The van der Waals surface area contributed by atoms with Crippen molar-refractivity contribution in [2.75, 3.05) is 7.11 Å². The Hall–Kier alpha value is -4.54. The number of ether oxygens (including phenoxy) is 1. The lowest BCUT2D eigenvalue weighted by Gasteiger charge is -2.18. The minimum Gasteiger partial charge on any atom is -0.495 e. The highest BCUT2D eigenvalue weighted by Gasteiger charge is 2.25. The van der Waals surface area contributed by atoms with E-state index in [0.29, 0.717) is 28.4 Å². The molecule has 3 heterocycles. The first kappa shape index (κ1) is 24.8. The minimum atomic E-state index is -0.707. The van der Waals surface area contributed by atoms with Crippen LogP contribution in [0, 0.1) is 18.6 Å². The van der Waals surface area contributed by atoms with Crippen LogP contribution in [0.4, 0.5) is 8.78 Å². The van der Waals surface area contributed by atoms with Crippen LogP contribution in [0.2, 0.25) is 0 Å². The fourth-order valence-electron chi connectivity index (χ4n) is 4.78. The summed E-state index contributed by atoms with van der Waals surface area (Å²) in [6.07, 6.45) is 5.46. The summed E-state index contributed by atoms with van der Waals surface area (Å²) in [5.74, 6) is -0.329. The van der Waals surface area contributed by atoms with Crippen molar-refractivity contribution in [3.63, 3.8) is 0 Å². The monoisotopic (exact) mass is 531 g/mol. The van der Waals surface area contributed by atoms with E-state index in [0.717, 1.165) is 35.9 Å². The zero-order chi connectivity index (χ0) is 27.4. The summed E-state index contributed by atoms with van der Waals surface area (Å²) in [5.41, 5.74) is 3.43. The van der Waals surface area contributed by atoms with Gasteiger partial charge >= 0.3 is 0 Å². The Bertz CT molecular complexity index is 1840. The maximum atomic E-state index is 14.1. The van der Waals surface area contributed by atoms with Gasteiger partial charge in [0.2, 0.25) is 5.62 Å². The van der Waals surface area contributed by atoms with Crippen LogP contribution in [0.1, 0.15) is 37.1 Å². The second-order valence-electron chi connectivity index (χ2n) is 9.86. The molecule has 39 heavy (non-hydrogen) atoms. The van der Waals surface area contributed by atoms with Crippen molar-refractivity contribution in [2.24, 2.45) is 12.0 Å². The van der Waals surface area contributed by atoms with Crippen molar-refractivity contribution < 1.29 is 13.5 Å². The Morgan fingerprint density at radius 3 is 2.54 bits per heavy atom. The largest absolute Gasteiger partial charge is 0.495 e. The lowest BCUT2D eigenvalue weighted by molar-refractivity contribution is 0.413. The smallest absolute Gasteiger partial charge is 0.283 e. The van der Waals surface area contributed by atoms with E-state index in [-0.39, 0.29) is 11.6 Å². The van der Waals surface area contributed by atoms with Gasteiger partial charge in [0, 0.05) is 24.9 Å². The molecule has 0 radical (unpaired) electrons. The highest BCUT2D eigenvalue weighted by molar-refractivity contribution is 5.76. The number of aromatic nitrogens is 6. The van der Waals surface area contributed by atoms with E-state index in [1.807, 2.05) is 35.9 Å². The summed E-state index contributed by atoms with van der Waals surface area (Å²) in [6, 6.07) is 8.32. The summed E-state index contributed by atoms with van der Waals surface area (Å²) in [6.45, 7) is 3.64. The second kappa shape index (κ2) is 9.33. The first-order valence-electron chi connectivity index (χ1n) is 12.6. The van der Waals surface area contributed by atoms with Gasteiger partial charge in [0.15, 0.2) is 5.52 Å². The molecule has 0 saturated heterocycles. The molecule has 1 aliphatic carbocycles. The number of halogens is 2. The van der Waals surface area contributed by atoms with Gasteiger partial charge in [0.05, 0.1) is 36.9 Å². The maximum Gasteiger partial charge on any atom is 0.283 e. The first-order chi connectivity index (χ1) is 18.7. The molecule has 1 unspecified atom stereocenters. The molecule has 0 bridgehead atoms. The van der Waals surface area contributed by atoms with Gasteiger partial charge in [-0.3, -0.25) is 13.9 Å². The van der Waals surface area contributed by atoms with Gasteiger partial charge < -0.3 is 14.3 Å². The van der Waals surface area contributed by atoms with Gasteiger partial charge in [-0.25, -0.2) is 23.7 Å². The number of hydrogen-bond donors (Lipinski definition) is 1. The van der Waals surface area contributed by atoms with Crippen LogP contribution in [-0.2, 0) is 7.05 Å². The minimum absolute atomic E-state index is 0.0988. The molecule has 1 aliphatic rings. The third-order valence-electron chi connectivity index (χ3n) is 7.00. The number of methoxy groups -OCH3 is 1.